The second kappa shape index (κ2) is 41.0. The van der Waals surface area contributed by atoms with Crippen molar-refractivity contribution in [3.8, 4) is 0 Å². The van der Waals surface area contributed by atoms with E-state index in [0.29, 0.717) is 52.9 Å². The van der Waals surface area contributed by atoms with Crippen LogP contribution in [0.15, 0.2) is 50.6 Å². The lowest BCUT2D eigenvalue weighted by atomic mass is 10.6. The van der Waals surface area contributed by atoms with Crippen LogP contribution in [0.25, 0.3) is 0 Å². The molecule has 200 valence electrons. The summed E-state index contributed by atoms with van der Waals surface area (Å²) in [6.07, 6.45) is 5.68. The summed E-state index contributed by atoms with van der Waals surface area (Å²) in [5, 5.41) is 16.5. The number of rotatable bonds is 18. The second-order valence-corrected chi connectivity index (χ2v) is 5.46. The molecule has 0 unspecified atom stereocenters. The number of hydrogen-bond donors (Lipinski definition) is 2. The van der Waals surface area contributed by atoms with Crippen LogP contribution in [0, 0.1) is 0 Å². The molecule has 0 fully saturated rings. The number of hydrogen-bond acceptors (Lipinski definition) is 10. The van der Waals surface area contributed by atoms with E-state index in [4.69, 9.17) is 29.2 Å². The summed E-state index contributed by atoms with van der Waals surface area (Å²) >= 11 is 0. The van der Waals surface area contributed by atoms with Gasteiger partial charge in [0, 0.05) is 12.2 Å². The van der Waals surface area contributed by atoms with Crippen LogP contribution >= 0.6 is 0 Å². The molecule has 0 amide bonds. The Morgan fingerprint density at radius 1 is 0.559 bits per heavy atom. The van der Waals surface area contributed by atoms with Crippen LogP contribution < -0.4 is 0 Å². The predicted octanol–water partition coefficient (Wildman–Crippen LogP) is 1.87. The fraction of sp³-hybridized carbons (Fsp3) is 0.583. The molecule has 0 bridgehead atoms. The molecule has 10 heteroatoms. The van der Waals surface area contributed by atoms with Crippen LogP contribution in [0.1, 0.15) is 13.8 Å². The SMILES string of the molecule is C=CC.C=CC.C=CC(=O)OCCOCCOCCOC(=O)C=C.OCCOCCOCCO. The molecular formula is C24H44O10. The van der Waals surface area contributed by atoms with Gasteiger partial charge in [0.25, 0.3) is 0 Å². The van der Waals surface area contributed by atoms with E-state index in [0.717, 1.165) is 12.2 Å². The topological polar surface area (TPSA) is 130 Å². The highest BCUT2D eigenvalue weighted by molar-refractivity contribution is 5.81. The van der Waals surface area contributed by atoms with Crippen molar-refractivity contribution in [2.45, 2.75) is 13.8 Å². The van der Waals surface area contributed by atoms with Gasteiger partial charge in [0.1, 0.15) is 13.2 Å². The van der Waals surface area contributed by atoms with Crippen molar-refractivity contribution in [2.75, 3.05) is 79.3 Å². The highest BCUT2D eigenvalue weighted by Gasteiger charge is 1.96. The molecule has 2 N–H and O–H groups in total. The number of carbonyl (C=O) groups excluding carboxylic acids is 2. The standard InChI is InChI=1S/C12H18O6.C6H14O4.2C3H6/c1-3-11(13)17-9-7-15-5-6-16-8-10-18-12(14)4-2;7-1-3-9-5-6-10-4-2-8;2*1-3-2/h3-4H,1-2,5-10H2;7-8H,1-6H2;2*3H,1H2,2H3. The molecule has 0 aromatic carbocycles. The number of carbonyl (C=O) groups is 2. The lowest BCUT2D eigenvalue weighted by Crippen LogP contribution is -2.13. The zero-order valence-electron chi connectivity index (χ0n) is 20.8. The minimum absolute atomic E-state index is 0.0417. The highest BCUT2D eigenvalue weighted by Crippen LogP contribution is 1.84. The van der Waals surface area contributed by atoms with E-state index in [1.165, 1.54) is 0 Å². The Labute approximate surface area is 204 Å². The summed E-state index contributed by atoms with van der Waals surface area (Å²) in [4.78, 5) is 21.3. The Bertz CT molecular complexity index is 425. The lowest BCUT2D eigenvalue weighted by Gasteiger charge is -2.06. The fourth-order valence-corrected chi connectivity index (χ4v) is 1.29. The molecule has 0 rings (SSSR count). The molecule has 34 heavy (non-hydrogen) atoms. The van der Waals surface area contributed by atoms with Crippen molar-refractivity contribution < 1.29 is 48.2 Å². The number of esters is 2. The Kier molecular flexibility index (Phi) is 46.9. The fourth-order valence-electron chi connectivity index (χ4n) is 1.29. The highest BCUT2D eigenvalue weighted by atomic mass is 16.6. The van der Waals surface area contributed by atoms with Gasteiger partial charge in [-0.1, -0.05) is 25.3 Å². The second-order valence-electron chi connectivity index (χ2n) is 5.46. The van der Waals surface area contributed by atoms with Crippen LogP contribution in [-0.2, 0) is 38.0 Å². The van der Waals surface area contributed by atoms with Crippen molar-refractivity contribution in [3.63, 3.8) is 0 Å². The Balaban J connectivity index is -0.000000235. The van der Waals surface area contributed by atoms with Crippen LogP contribution in [0.2, 0.25) is 0 Å². The zero-order valence-corrected chi connectivity index (χ0v) is 20.8. The number of aliphatic hydroxyl groups is 2. The molecule has 0 spiro atoms. The monoisotopic (exact) mass is 492 g/mol. The predicted molar refractivity (Wildman–Crippen MR) is 132 cm³/mol. The van der Waals surface area contributed by atoms with Gasteiger partial charge in [-0.25, -0.2) is 9.59 Å². The van der Waals surface area contributed by atoms with Crippen LogP contribution in [0.3, 0.4) is 0 Å². The third kappa shape index (κ3) is 51.9. The van der Waals surface area contributed by atoms with Crippen molar-refractivity contribution >= 4 is 11.9 Å². The van der Waals surface area contributed by atoms with Gasteiger partial charge in [0.05, 0.1) is 66.1 Å². The molecule has 0 aliphatic carbocycles. The zero-order chi connectivity index (χ0) is 26.7. The first kappa shape index (κ1) is 38.9. The molecule has 0 saturated heterocycles. The normalized spacial score (nSPS) is 8.82. The third-order valence-corrected chi connectivity index (χ3v) is 2.49. The van der Waals surface area contributed by atoms with E-state index in [2.05, 4.69) is 35.8 Å². The first-order chi connectivity index (χ1) is 16.4. The molecular weight excluding hydrogens is 448 g/mol. The largest absolute Gasteiger partial charge is 0.460 e. The Morgan fingerprint density at radius 3 is 1.03 bits per heavy atom. The van der Waals surface area contributed by atoms with Gasteiger partial charge in [-0.2, -0.15) is 0 Å². The molecule has 0 aromatic heterocycles. The third-order valence-electron chi connectivity index (χ3n) is 2.49. The minimum atomic E-state index is -0.473. The van der Waals surface area contributed by atoms with Crippen molar-refractivity contribution in [1.82, 2.24) is 0 Å². The van der Waals surface area contributed by atoms with Gasteiger partial charge in [-0.15, -0.1) is 13.2 Å². The summed E-state index contributed by atoms with van der Waals surface area (Å²) in [7, 11) is 0. The summed E-state index contributed by atoms with van der Waals surface area (Å²) in [6, 6.07) is 0. The van der Waals surface area contributed by atoms with Crippen LogP contribution in [0.4, 0.5) is 0 Å². The molecule has 10 nitrogen and oxygen atoms in total. The molecule has 0 aromatic rings. The average molecular weight is 493 g/mol. The van der Waals surface area contributed by atoms with E-state index in [9.17, 15) is 9.59 Å². The van der Waals surface area contributed by atoms with Gasteiger partial charge in [0.15, 0.2) is 0 Å². The molecule has 0 aliphatic rings. The molecule has 0 heterocycles. The van der Waals surface area contributed by atoms with E-state index < -0.39 is 11.9 Å². The van der Waals surface area contributed by atoms with Gasteiger partial charge in [-0.05, 0) is 13.8 Å². The number of allylic oxidation sites excluding steroid dienone is 2. The summed E-state index contributed by atoms with van der Waals surface area (Å²) in [5.74, 6) is -0.947. The van der Waals surface area contributed by atoms with Crippen LogP contribution in [0.5, 0.6) is 0 Å². The minimum Gasteiger partial charge on any atom is -0.460 e. The van der Waals surface area contributed by atoms with E-state index >= 15 is 0 Å². The first-order valence-electron chi connectivity index (χ1n) is 10.7. The van der Waals surface area contributed by atoms with Gasteiger partial charge >= 0.3 is 11.9 Å². The first-order valence-corrected chi connectivity index (χ1v) is 10.7. The van der Waals surface area contributed by atoms with Crippen molar-refractivity contribution in [1.29, 1.82) is 0 Å². The van der Waals surface area contributed by atoms with E-state index in [1.54, 1.807) is 12.2 Å². The maximum Gasteiger partial charge on any atom is 0.330 e. The number of aliphatic hydroxyl groups excluding tert-OH is 2. The van der Waals surface area contributed by atoms with Gasteiger partial charge < -0.3 is 38.6 Å². The Morgan fingerprint density at radius 2 is 0.794 bits per heavy atom. The van der Waals surface area contributed by atoms with Crippen molar-refractivity contribution in [2.24, 2.45) is 0 Å². The van der Waals surface area contributed by atoms with Gasteiger partial charge in [-0.3, -0.25) is 0 Å². The molecule has 0 radical (unpaired) electrons. The van der Waals surface area contributed by atoms with Gasteiger partial charge in [0.2, 0.25) is 0 Å². The average Bonchev–Trinajstić information content (AvgIpc) is 2.83. The maximum absolute atomic E-state index is 10.6. The summed E-state index contributed by atoms with van der Waals surface area (Å²) < 4.78 is 29.3. The molecule has 0 atom stereocenters. The number of ether oxygens (including phenoxy) is 6. The molecule has 0 aliphatic heterocycles. The quantitative estimate of drug-likeness (QED) is 0.127. The summed E-state index contributed by atoms with van der Waals surface area (Å²) in [5.41, 5.74) is 0. The van der Waals surface area contributed by atoms with Crippen molar-refractivity contribution in [3.05, 3.63) is 50.6 Å². The van der Waals surface area contributed by atoms with E-state index in [1.807, 2.05) is 13.8 Å². The lowest BCUT2D eigenvalue weighted by molar-refractivity contribution is -0.141. The molecule has 0 saturated carbocycles. The smallest absolute Gasteiger partial charge is 0.330 e. The maximum atomic E-state index is 10.6. The Hall–Kier alpha value is -2.34. The summed E-state index contributed by atoms with van der Waals surface area (Å²) in [6.45, 7) is 20.5. The van der Waals surface area contributed by atoms with E-state index in [-0.39, 0.29) is 26.4 Å². The van der Waals surface area contributed by atoms with Crippen LogP contribution in [-0.4, -0.2) is 101 Å².